The van der Waals surface area contributed by atoms with Crippen molar-refractivity contribution in [1.82, 2.24) is 9.97 Å². The lowest BCUT2D eigenvalue weighted by Crippen LogP contribution is -2.36. The van der Waals surface area contributed by atoms with E-state index in [0.29, 0.717) is 6.61 Å². The van der Waals surface area contributed by atoms with E-state index in [-0.39, 0.29) is 0 Å². The largest absolute Gasteiger partial charge is 0.461 e. The van der Waals surface area contributed by atoms with Crippen LogP contribution >= 0.6 is 15.9 Å². The molecule has 0 bridgehead atoms. The van der Waals surface area contributed by atoms with Crippen molar-refractivity contribution in [2.24, 2.45) is 0 Å². The van der Waals surface area contributed by atoms with Gasteiger partial charge < -0.3 is 14.8 Å². The lowest BCUT2D eigenvalue weighted by Gasteiger charge is -2.34. The van der Waals surface area contributed by atoms with Gasteiger partial charge >= 0.3 is 0 Å². The maximum absolute atomic E-state index is 5.89. The van der Waals surface area contributed by atoms with Gasteiger partial charge in [-0.05, 0) is 35.0 Å². The molecule has 1 aliphatic rings. The van der Waals surface area contributed by atoms with Crippen molar-refractivity contribution >= 4 is 27.4 Å². The molecule has 0 spiro atoms. The molecule has 0 unspecified atom stereocenters. The first-order valence-corrected chi connectivity index (χ1v) is 7.44. The van der Waals surface area contributed by atoms with E-state index in [9.17, 15) is 0 Å². The molecule has 0 aliphatic carbocycles. The van der Waals surface area contributed by atoms with Crippen LogP contribution in [0.2, 0.25) is 0 Å². The number of nitrogens with one attached hydrogen (secondary N) is 1. The highest BCUT2D eigenvalue weighted by atomic mass is 79.9. The van der Waals surface area contributed by atoms with Crippen LogP contribution in [-0.2, 0) is 11.3 Å². The van der Waals surface area contributed by atoms with Gasteiger partial charge in [0.1, 0.15) is 5.82 Å². The van der Waals surface area contributed by atoms with E-state index in [1.165, 1.54) is 0 Å². The molecular formula is C15H16BrN3O2. The topological polar surface area (TPSA) is 56.3 Å². The summed E-state index contributed by atoms with van der Waals surface area (Å²) in [4.78, 5) is 8.70. The van der Waals surface area contributed by atoms with Gasteiger partial charge in [0.25, 0.3) is 0 Å². The van der Waals surface area contributed by atoms with Crippen LogP contribution in [0.5, 0.6) is 5.75 Å². The minimum Gasteiger partial charge on any atom is -0.461 e. The number of hydrogen-bond acceptors (Lipinski definition) is 5. The van der Waals surface area contributed by atoms with Crippen LogP contribution < -0.4 is 10.1 Å². The zero-order chi connectivity index (χ0) is 15.0. The molecule has 21 heavy (non-hydrogen) atoms. The summed E-state index contributed by atoms with van der Waals surface area (Å²) in [6.07, 6.45) is 3.52. The molecule has 0 fully saturated rings. The van der Waals surface area contributed by atoms with E-state index >= 15 is 0 Å². The number of rotatable bonds is 2. The van der Waals surface area contributed by atoms with Gasteiger partial charge in [0, 0.05) is 30.1 Å². The Morgan fingerprint density at radius 2 is 2.05 bits per heavy atom. The second-order valence-electron chi connectivity index (χ2n) is 5.34. The third-order valence-corrected chi connectivity index (χ3v) is 3.69. The van der Waals surface area contributed by atoms with Crippen molar-refractivity contribution in [3.05, 3.63) is 40.3 Å². The Kier molecular flexibility index (Phi) is 3.59. The maximum Gasteiger partial charge on any atom is 0.205 e. The Bertz CT molecular complexity index is 671. The van der Waals surface area contributed by atoms with Crippen LogP contribution in [0.15, 0.2) is 29.0 Å². The van der Waals surface area contributed by atoms with Gasteiger partial charge in [-0.25, -0.2) is 4.98 Å². The Hall–Kier alpha value is -1.66. The van der Waals surface area contributed by atoms with Gasteiger partial charge in [0.15, 0.2) is 5.75 Å². The molecule has 5 nitrogen and oxygen atoms in total. The van der Waals surface area contributed by atoms with E-state index in [1.807, 2.05) is 32.9 Å². The Labute approximate surface area is 131 Å². The SMILES string of the molecule is Cc1ncc(Nc2ccc(Br)cn2)c2c1OC(C)(C)OC2. The van der Waals surface area contributed by atoms with Gasteiger partial charge in [0.05, 0.1) is 24.2 Å². The first kappa shape index (κ1) is 14.3. The van der Waals surface area contributed by atoms with E-state index in [2.05, 4.69) is 31.2 Å². The molecule has 3 heterocycles. The fraction of sp³-hybridized carbons (Fsp3) is 0.333. The molecule has 0 atom stereocenters. The van der Waals surface area contributed by atoms with Crippen LogP contribution in [0, 0.1) is 6.92 Å². The first-order valence-electron chi connectivity index (χ1n) is 6.65. The van der Waals surface area contributed by atoms with E-state index in [1.54, 1.807) is 12.4 Å². The van der Waals surface area contributed by atoms with Crippen molar-refractivity contribution in [3.63, 3.8) is 0 Å². The number of anilines is 2. The number of aryl methyl sites for hydroxylation is 1. The number of hydrogen-bond donors (Lipinski definition) is 1. The molecule has 0 amide bonds. The number of halogens is 1. The van der Waals surface area contributed by atoms with Crippen LogP contribution in [0.1, 0.15) is 25.1 Å². The summed E-state index contributed by atoms with van der Waals surface area (Å²) >= 11 is 3.37. The Morgan fingerprint density at radius 3 is 2.76 bits per heavy atom. The van der Waals surface area contributed by atoms with Crippen LogP contribution in [0.4, 0.5) is 11.5 Å². The fourth-order valence-electron chi connectivity index (χ4n) is 2.13. The standard InChI is InChI=1S/C15H16BrN3O2/c1-9-14-11(8-20-15(2,3)21-14)12(7-17-9)19-13-5-4-10(16)6-18-13/h4-7H,8H2,1-3H3,(H,18,19). The minimum atomic E-state index is -0.631. The lowest BCUT2D eigenvalue weighted by molar-refractivity contribution is -0.180. The summed E-state index contributed by atoms with van der Waals surface area (Å²) in [5.41, 5.74) is 2.67. The highest BCUT2D eigenvalue weighted by molar-refractivity contribution is 9.10. The van der Waals surface area contributed by atoms with E-state index < -0.39 is 5.79 Å². The molecule has 2 aromatic rings. The zero-order valence-electron chi connectivity index (χ0n) is 12.1. The molecule has 3 rings (SSSR count). The summed E-state index contributed by atoms with van der Waals surface area (Å²) in [5, 5.41) is 3.26. The van der Waals surface area contributed by atoms with E-state index in [0.717, 1.165) is 33.0 Å². The van der Waals surface area contributed by atoms with Gasteiger partial charge in [-0.2, -0.15) is 0 Å². The minimum absolute atomic E-state index is 0.477. The molecule has 1 N–H and O–H groups in total. The summed E-state index contributed by atoms with van der Waals surface area (Å²) in [6.45, 7) is 6.20. The number of pyridine rings is 2. The van der Waals surface area contributed by atoms with Gasteiger partial charge in [-0.1, -0.05) is 0 Å². The highest BCUT2D eigenvalue weighted by Gasteiger charge is 2.30. The molecule has 0 aromatic carbocycles. The molecule has 0 saturated heterocycles. The van der Waals surface area contributed by atoms with Crippen molar-refractivity contribution in [3.8, 4) is 5.75 Å². The third kappa shape index (κ3) is 3.01. The number of aromatic nitrogens is 2. The van der Waals surface area contributed by atoms with Crippen molar-refractivity contribution in [2.45, 2.75) is 33.2 Å². The van der Waals surface area contributed by atoms with Gasteiger partial charge in [-0.15, -0.1) is 0 Å². The molecular weight excluding hydrogens is 334 g/mol. The molecule has 0 radical (unpaired) electrons. The van der Waals surface area contributed by atoms with E-state index in [4.69, 9.17) is 9.47 Å². The molecule has 0 saturated carbocycles. The lowest BCUT2D eigenvalue weighted by atomic mass is 10.1. The first-order chi connectivity index (χ1) is 9.94. The molecule has 1 aliphatic heterocycles. The third-order valence-electron chi connectivity index (χ3n) is 3.22. The normalized spacial score (nSPS) is 16.0. The quantitative estimate of drug-likeness (QED) is 0.889. The highest BCUT2D eigenvalue weighted by Crippen LogP contribution is 2.37. The summed E-state index contributed by atoms with van der Waals surface area (Å²) in [5.74, 6) is 0.901. The molecule has 2 aromatic heterocycles. The number of nitrogens with zero attached hydrogens (tertiary/aromatic N) is 2. The van der Waals surface area contributed by atoms with Crippen LogP contribution in [0.3, 0.4) is 0 Å². The predicted molar refractivity (Wildman–Crippen MR) is 83.7 cm³/mol. The van der Waals surface area contributed by atoms with Gasteiger partial charge in [0.2, 0.25) is 5.79 Å². The number of ether oxygens (including phenoxy) is 2. The van der Waals surface area contributed by atoms with Crippen molar-refractivity contribution < 1.29 is 9.47 Å². The van der Waals surface area contributed by atoms with Crippen LogP contribution in [0.25, 0.3) is 0 Å². The second-order valence-corrected chi connectivity index (χ2v) is 6.26. The average molecular weight is 350 g/mol. The summed E-state index contributed by atoms with van der Waals surface area (Å²) in [7, 11) is 0. The smallest absolute Gasteiger partial charge is 0.205 e. The van der Waals surface area contributed by atoms with Crippen LogP contribution in [-0.4, -0.2) is 15.8 Å². The Morgan fingerprint density at radius 1 is 1.24 bits per heavy atom. The summed E-state index contributed by atoms with van der Waals surface area (Å²) in [6, 6.07) is 3.82. The van der Waals surface area contributed by atoms with Crippen molar-refractivity contribution in [2.75, 3.05) is 5.32 Å². The number of fused-ring (bicyclic) bond motifs is 1. The second kappa shape index (κ2) is 5.27. The predicted octanol–water partition coefficient (Wildman–Crippen LogP) is 3.94. The Balaban J connectivity index is 1.95. The summed E-state index contributed by atoms with van der Waals surface area (Å²) < 4.78 is 12.6. The van der Waals surface area contributed by atoms with Gasteiger partial charge in [-0.3, -0.25) is 4.98 Å². The van der Waals surface area contributed by atoms with Crippen molar-refractivity contribution in [1.29, 1.82) is 0 Å². The molecule has 110 valence electrons. The fourth-order valence-corrected chi connectivity index (χ4v) is 2.37. The monoisotopic (exact) mass is 349 g/mol. The zero-order valence-corrected chi connectivity index (χ0v) is 13.7. The maximum atomic E-state index is 5.89. The molecule has 6 heteroatoms. The average Bonchev–Trinajstić information content (AvgIpc) is 2.44.